The summed E-state index contributed by atoms with van der Waals surface area (Å²) in [5.74, 6) is 0.295. The highest BCUT2D eigenvalue weighted by molar-refractivity contribution is 7.82. The Balaban J connectivity index is 3.83. The summed E-state index contributed by atoms with van der Waals surface area (Å²) < 4.78 is 0. The Bertz CT molecular complexity index is 149. The summed E-state index contributed by atoms with van der Waals surface area (Å²) in [4.78, 5) is 20.7. The molecule has 0 fully saturated rings. The molecule has 57 valence electrons. The molecule has 0 saturated heterocycles. The maximum Gasteiger partial charge on any atom is 0.241 e. The molecule has 0 bridgehead atoms. The normalized spacial score (nSPS) is 12.2. The van der Waals surface area contributed by atoms with Crippen LogP contribution in [0.15, 0.2) is 0 Å². The first-order valence-electron chi connectivity index (χ1n) is 2.62. The van der Waals surface area contributed by atoms with Crippen molar-refractivity contribution in [2.24, 2.45) is 5.73 Å². The number of thiol groups is 1. The highest BCUT2D eigenvalue weighted by atomic mass is 32.1. The van der Waals surface area contributed by atoms with Crippen molar-refractivity contribution in [3.8, 4) is 0 Å². The molecule has 0 aromatic carbocycles. The number of primary amides is 1. The molecule has 1 radical (unpaired) electrons. The van der Waals surface area contributed by atoms with Gasteiger partial charge in [-0.15, -0.1) is 0 Å². The molecule has 0 heterocycles. The van der Waals surface area contributed by atoms with Gasteiger partial charge in [0.1, 0.15) is 6.04 Å². The van der Waals surface area contributed by atoms with Gasteiger partial charge in [0.05, 0.1) is 0 Å². The van der Waals surface area contributed by atoms with Gasteiger partial charge in [-0.2, -0.15) is 12.6 Å². The average molecular weight is 161 g/mol. The van der Waals surface area contributed by atoms with Crippen LogP contribution in [0.25, 0.3) is 0 Å². The smallest absolute Gasteiger partial charge is 0.241 e. The molecule has 3 N–H and O–H groups in total. The quantitative estimate of drug-likeness (QED) is 0.468. The van der Waals surface area contributed by atoms with E-state index in [-0.39, 0.29) is 5.91 Å². The van der Waals surface area contributed by atoms with Crippen LogP contribution in [0.1, 0.15) is 6.92 Å². The van der Waals surface area contributed by atoms with Gasteiger partial charge in [-0.05, 0) is 0 Å². The number of carbonyl (C=O) groups is 2. The lowest BCUT2D eigenvalue weighted by atomic mass is 10.3. The molecule has 2 amide bonds. The molecule has 1 unspecified atom stereocenters. The second-order valence-electron chi connectivity index (χ2n) is 1.73. The van der Waals surface area contributed by atoms with Gasteiger partial charge < -0.3 is 11.1 Å². The van der Waals surface area contributed by atoms with E-state index in [0.29, 0.717) is 0 Å². The summed E-state index contributed by atoms with van der Waals surface area (Å²) in [6.07, 6.45) is 0. The second kappa shape index (κ2) is 4.16. The van der Waals surface area contributed by atoms with Gasteiger partial charge in [-0.1, -0.05) is 0 Å². The van der Waals surface area contributed by atoms with E-state index < -0.39 is 11.9 Å². The van der Waals surface area contributed by atoms with Crippen molar-refractivity contribution in [3.63, 3.8) is 0 Å². The third kappa shape index (κ3) is 3.34. The topological polar surface area (TPSA) is 72.2 Å². The Labute approximate surface area is 64.6 Å². The number of nitrogens with two attached hydrogens (primary N) is 1. The molecule has 0 rings (SSSR count). The molecule has 0 aliphatic heterocycles. The Morgan fingerprint density at radius 3 is 2.30 bits per heavy atom. The Hall–Kier alpha value is -0.710. The zero-order valence-electron chi connectivity index (χ0n) is 5.50. The van der Waals surface area contributed by atoms with Crippen LogP contribution in [0, 0.1) is 5.75 Å². The predicted octanol–water partition coefficient (Wildman–Crippen LogP) is -0.932. The van der Waals surface area contributed by atoms with E-state index in [2.05, 4.69) is 17.9 Å². The van der Waals surface area contributed by atoms with Crippen LogP contribution in [0.2, 0.25) is 0 Å². The van der Waals surface area contributed by atoms with Gasteiger partial charge in [0, 0.05) is 12.7 Å². The fourth-order valence-corrected chi connectivity index (χ4v) is 0.622. The molecule has 0 saturated carbocycles. The van der Waals surface area contributed by atoms with Crippen LogP contribution in [-0.2, 0) is 9.59 Å². The van der Waals surface area contributed by atoms with Crippen molar-refractivity contribution in [2.45, 2.75) is 13.0 Å². The Morgan fingerprint density at radius 2 is 2.20 bits per heavy atom. The number of rotatable bonds is 3. The monoisotopic (exact) mass is 161 g/mol. The number of hydrogen-bond acceptors (Lipinski definition) is 3. The van der Waals surface area contributed by atoms with Gasteiger partial charge in [0.2, 0.25) is 11.8 Å². The molecule has 0 aromatic heterocycles. The van der Waals surface area contributed by atoms with Crippen molar-refractivity contribution < 1.29 is 9.59 Å². The van der Waals surface area contributed by atoms with Crippen LogP contribution in [0.3, 0.4) is 0 Å². The molecular formula is C5H9N2O2S. The Morgan fingerprint density at radius 1 is 1.70 bits per heavy atom. The first-order chi connectivity index (χ1) is 4.57. The molecule has 0 aliphatic carbocycles. The number of amides is 2. The predicted molar refractivity (Wildman–Crippen MR) is 40.1 cm³/mol. The molecule has 4 nitrogen and oxygen atoms in total. The van der Waals surface area contributed by atoms with Gasteiger partial charge in [0.25, 0.3) is 0 Å². The summed E-state index contributed by atoms with van der Waals surface area (Å²) in [6, 6.07) is -0.777. The minimum absolute atomic E-state index is 0.311. The van der Waals surface area contributed by atoms with E-state index in [1.165, 1.54) is 12.7 Å². The molecular weight excluding hydrogens is 152 g/mol. The van der Waals surface area contributed by atoms with E-state index in [9.17, 15) is 9.59 Å². The molecule has 0 aliphatic rings. The summed E-state index contributed by atoms with van der Waals surface area (Å²) in [6.45, 7) is 1.30. The summed E-state index contributed by atoms with van der Waals surface area (Å²) in [7, 11) is 0. The van der Waals surface area contributed by atoms with Crippen LogP contribution < -0.4 is 11.1 Å². The minimum Gasteiger partial charge on any atom is -0.368 e. The van der Waals surface area contributed by atoms with E-state index in [0.717, 1.165) is 0 Å². The summed E-state index contributed by atoms with van der Waals surface area (Å²) in [5, 5.41) is 2.28. The first kappa shape index (κ1) is 9.29. The van der Waals surface area contributed by atoms with Crippen molar-refractivity contribution in [1.29, 1.82) is 0 Å². The van der Waals surface area contributed by atoms with Gasteiger partial charge in [0.15, 0.2) is 0 Å². The molecule has 0 aromatic rings. The third-order valence-corrected chi connectivity index (χ3v) is 1.11. The lowest BCUT2D eigenvalue weighted by molar-refractivity contribution is -0.125. The summed E-state index contributed by atoms with van der Waals surface area (Å²) >= 11 is 3.69. The SMILES string of the molecule is CC(=O)NC([CH]S)C(N)=O. The lowest BCUT2D eigenvalue weighted by Crippen LogP contribution is -2.42. The maximum absolute atomic E-state index is 10.4. The largest absolute Gasteiger partial charge is 0.368 e. The van der Waals surface area contributed by atoms with Crippen LogP contribution >= 0.6 is 12.6 Å². The number of hydrogen-bond donors (Lipinski definition) is 3. The van der Waals surface area contributed by atoms with E-state index in [4.69, 9.17) is 5.73 Å². The molecule has 5 heteroatoms. The van der Waals surface area contributed by atoms with Crippen LogP contribution in [0.4, 0.5) is 0 Å². The number of carbonyl (C=O) groups excluding carboxylic acids is 2. The van der Waals surface area contributed by atoms with E-state index in [1.807, 2.05) is 0 Å². The molecule has 0 spiro atoms. The first-order valence-corrected chi connectivity index (χ1v) is 3.13. The maximum atomic E-state index is 10.4. The van der Waals surface area contributed by atoms with Crippen LogP contribution in [-0.4, -0.2) is 17.9 Å². The van der Waals surface area contributed by atoms with Crippen LogP contribution in [0.5, 0.6) is 0 Å². The second-order valence-corrected chi connectivity index (χ2v) is 2.03. The zero-order valence-corrected chi connectivity index (χ0v) is 6.39. The minimum atomic E-state index is -0.777. The molecule has 10 heavy (non-hydrogen) atoms. The highest BCUT2D eigenvalue weighted by Gasteiger charge is 2.13. The Kier molecular flexibility index (Phi) is 3.87. The van der Waals surface area contributed by atoms with Crippen molar-refractivity contribution >= 4 is 24.4 Å². The highest BCUT2D eigenvalue weighted by Crippen LogP contribution is 1.91. The third-order valence-electron chi connectivity index (χ3n) is 0.814. The van der Waals surface area contributed by atoms with E-state index in [1.54, 1.807) is 0 Å². The average Bonchev–Trinajstić information content (AvgIpc) is 1.81. The standard InChI is InChI=1S/C5H9N2O2S/c1-3(8)7-4(2-10)5(6)9/h2,4,10H,1H3,(H2,6,9)(H,7,8). The van der Waals surface area contributed by atoms with Crippen molar-refractivity contribution in [3.05, 3.63) is 5.75 Å². The van der Waals surface area contributed by atoms with Crippen molar-refractivity contribution in [1.82, 2.24) is 5.32 Å². The fraction of sp³-hybridized carbons (Fsp3) is 0.400. The number of nitrogens with one attached hydrogen (secondary N) is 1. The van der Waals surface area contributed by atoms with Gasteiger partial charge in [-0.3, -0.25) is 9.59 Å². The van der Waals surface area contributed by atoms with Crippen molar-refractivity contribution in [2.75, 3.05) is 0 Å². The van der Waals surface area contributed by atoms with Gasteiger partial charge in [-0.25, -0.2) is 0 Å². The fourth-order valence-electron chi connectivity index (χ4n) is 0.401. The van der Waals surface area contributed by atoms with E-state index >= 15 is 0 Å². The molecule has 1 atom stereocenters. The zero-order chi connectivity index (χ0) is 8.15. The van der Waals surface area contributed by atoms with Gasteiger partial charge >= 0.3 is 0 Å². The lowest BCUT2D eigenvalue weighted by Gasteiger charge is -2.09. The summed E-state index contributed by atoms with van der Waals surface area (Å²) in [5.41, 5.74) is 4.86.